The van der Waals surface area contributed by atoms with Crippen molar-refractivity contribution in [1.29, 1.82) is 0 Å². The lowest BCUT2D eigenvalue weighted by Gasteiger charge is -2.44. The molecule has 4 aromatic rings. The van der Waals surface area contributed by atoms with Gasteiger partial charge in [0.1, 0.15) is 27.6 Å². The van der Waals surface area contributed by atoms with Gasteiger partial charge in [0.15, 0.2) is 5.82 Å². The molecular weight excluding hydrogens is 567 g/mol. The van der Waals surface area contributed by atoms with Gasteiger partial charge in [0.25, 0.3) is 0 Å². The van der Waals surface area contributed by atoms with Crippen LogP contribution in [0.3, 0.4) is 0 Å². The van der Waals surface area contributed by atoms with Crippen LogP contribution < -0.4 is 0 Å². The highest BCUT2D eigenvalue weighted by atomic mass is 35.5. The van der Waals surface area contributed by atoms with Crippen molar-refractivity contribution in [2.75, 3.05) is 0 Å². The molecule has 2 fully saturated rings. The normalized spacial score (nSPS) is 24.7. The Morgan fingerprint density at radius 1 is 1.29 bits per heavy atom. The number of aryl methyl sites for hydroxylation is 1. The molecule has 2 aromatic heterocycles. The number of carboxylic acid groups (broad SMARTS) is 1. The van der Waals surface area contributed by atoms with Crippen LogP contribution in [0.25, 0.3) is 21.5 Å². The van der Waals surface area contributed by atoms with Crippen LogP contribution in [0.5, 0.6) is 0 Å². The molecule has 41 heavy (non-hydrogen) atoms. The number of rotatable bonds is 8. The average Bonchev–Trinajstić information content (AvgIpc) is 3.52. The fourth-order valence-corrected chi connectivity index (χ4v) is 7.78. The van der Waals surface area contributed by atoms with Gasteiger partial charge < -0.3 is 19.5 Å². The van der Waals surface area contributed by atoms with E-state index in [2.05, 4.69) is 24.0 Å². The highest BCUT2D eigenvalue weighted by Gasteiger charge is 2.46. The molecular formula is C31H32ClFN2O5S. The van der Waals surface area contributed by atoms with Crippen molar-refractivity contribution in [2.24, 2.45) is 11.8 Å². The number of carboxylic acids is 1. The maximum Gasteiger partial charge on any atom is 0.335 e. The SMILES string of the molecule is CCC1CC(O)(c2nc3c(F)cc(C(=O)O)cc3s2)C[C@H](C)C1OCc1c(-c2c(C)cccc2Cl)noc1C1CC1. The summed E-state index contributed by atoms with van der Waals surface area (Å²) in [6, 6.07) is 8.16. The smallest absolute Gasteiger partial charge is 0.335 e. The molecule has 0 amide bonds. The van der Waals surface area contributed by atoms with Gasteiger partial charge in [-0.05, 0) is 68.2 Å². The first-order valence-electron chi connectivity index (χ1n) is 14.0. The third kappa shape index (κ3) is 5.18. The van der Waals surface area contributed by atoms with E-state index in [1.165, 1.54) is 6.07 Å². The van der Waals surface area contributed by atoms with E-state index in [9.17, 15) is 19.4 Å². The van der Waals surface area contributed by atoms with Gasteiger partial charge in [-0.25, -0.2) is 14.2 Å². The van der Waals surface area contributed by atoms with Crippen LogP contribution in [0.15, 0.2) is 34.9 Å². The van der Waals surface area contributed by atoms with Gasteiger partial charge in [-0.15, -0.1) is 11.3 Å². The quantitative estimate of drug-likeness (QED) is 0.213. The summed E-state index contributed by atoms with van der Waals surface area (Å²) in [5.74, 6) is -0.709. The zero-order valence-corrected chi connectivity index (χ0v) is 24.7. The topological polar surface area (TPSA) is 106 Å². The summed E-state index contributed by atoms with van der Waals surface area (Å²) in [5.41, 5.74) is 2.21. The summed E-state index contributed by atoms with van der Waals surface area (Å²) in [6.45, 7) is 6.46. The van der Waals surface area contributed by atoms with Crippen LogP contribution in [0.4, 0.5) is 4.39 Å². The predicted octanol–water partition coefficient (Wildman–Crippen LogP) is 7.86. The Kier molecular flexibility index (Phi) is 7.43. The molecule has 0 spiro atoms. The van der Waals surface area contributed by atoms with E-state index in [-0.39, 0.29) is 29.0 Å². The molecule has 10 heteroatoms. The molecule has 2 saturated carbocycles. The average molecular weight is 599 g/mol. The van der Waals surface area contributed by atoms with Crippen LogP contribution >= 0.6 is 22.9 Å². The first kappa shape index (κ1) is 28.3. The fraction of sp³-hybridized carbons (Fsp3) is 0.452. The minimum absolute atomic E-state index is 0.0184. The lowest BCUT2D eigenvalue weighted by molar-refractivity contribution is -0.126. The van der Waals surface area contributed by atoms with Crippen molar-refractivity contribution in [3.63, 3.8) is 0 Å². The molecule has 0 aliphatic heterocycles. The van der Waals surface area contributed by atoms with E-state index in [1.54, 1.807) is 0 Å². The number of carbonyl (C=O) groups is 1. The third-order valence-corrected chi connectivity index (χ3v) is 10.1. The van der Waals surface area contributed by atoms with Crippen LogP contribution in [0, 0.1) is 24.6 Å². The number of aromatic carboxylic acids is 1. The predicted molar refractivity (Wildman–Crippen MR) is 155 cm³/mol. The van der Waals surface area contributed by atoms with Crippen molar-refractivity contribution in [2.45, 2.75) is 77.1 Å². The van der Waals surface area contributed by atoms with Crippen LogP contribution in [0.2, 0.25) is 5.02 Å². The molecule has 4 atom stereocenters. The molecule has 2 aliphatic carbocycles. The zero-order chi connectivity index (χ0) is 29.1. The Morgan fingerprint density at radius 3 is 2.76 bits per heavy atom. The number of halogens is 2. The first-order chi connectivity index (χ1) is 19.6. The highest BCUT2D eigenvalue weighted by molar-refractivity contribution is 7.18. The number of benzene rings is 2. The number of fused-ring (bicyclic) bond motifs is 1. The Hall–Kier alpha value is -2.85. The van der Waals surface area contributed by atoms with Gasteiger partial charge in [-0.1, -0.05) is 49.2 Å². The van der Waals surface area contributed by atoms with Crippen molar-refractivity contribution in [1.82, 2.24) is 10.1 Å². The molecule has 2 aliphatic rings. The molecule has 216 valence electrons. The summed E-state index contributed by atoms with van der Waals surface area (Å²) in [5, 5.41) is 26.6. The minimum Gasteiger partial charge on any atom is -0.478 e. The van der Waals surface area contributed by atoms with Crippen molar-refractivity contribution in [3.05, 3.63) is 68.6 Å². The van der Waals surface area contributed by atoms with E-state index < -0.39 is 17.4 Å². The molecule has 7 nitrogen and oxygen atoms in total. The largest absolute Gasteiger partial charge is 0.478 e. The second kappa shape index (κ2) is 10.8. The van der Waals surface area contributed by atoms with Crippen LogP contribution in [-0.2, 0) is 16.9 Å². The number of ether oxygens (including phenoxy) is 1. The highest BCUT2D eigenvalue weighted by Crippen LogP contribution is 2.49. The Labute approximate surface area is 246 Å². The van der Waals surface area contributed by atoms with E-state index in [1.807, 2.05) is 25.1 Å². The molecule has 6 rings (SSSR count). The molecule has 0 radical (unpaired) electrons. The molecule has 2 aromatic carbocycles. The van der Waals surface area contributed by atoms with Crippen LogP contribution in [-0.4, -0.2) is 32.4 Å². The Bertz CT molecular complexity index is 1610. The van der Waals surface area contributed by atoms with Crippen molar-refractivity contribution >= 4 is 39.1 Å². The van der Waals surface area contributed by atoms with Gasteiger partial charge >= 0.3 is 5.97 Å². The fourth-order valence-electron chi connectivity index (χ4n) is 6.35. The molecule has 0 bridgehead atoms. The second-order valence-corrected chi connectivity index (χ2v) is 13.0. The zero-order valence-electron chi connectivity index (χ0n) is 23.1. The number of hydrogen-bond acceptors (Lipinski definition) is 7. The van der Waals surface area contributed by atoms with Gasteiger partial charge in [-0.2, -0.15) is 0 Å². The van der Waals surface area contributed by atoms with Crippen molar-refractivity contribution < 1.29 is 28.7 Å². The summed E-state index contributed by atoms with van der Waals surface area (Å²) < 4.78 is 27.6. The number of nitrogens with zero attached hydrogens (tertiary/aromatic N) is 2. The molecule has 0 saturated heterocycles. The number of aliphatic hydroxyl groups is 1. The van der Waals surface area contributed by atoms with Crippen molar-refractivity contribution in [3.8, 4) is 11.3 Å². The third-order valence-electron chi connectivity index (χ3n) is 8.55. The minimum atomic E-state index is -1.27. The Morgan fingerprint density at radius 2 is 2.07 bits per heavy atom. The lowest BCUT2D eigenvalue weighted by atomic mass is 9.70. The van der Waals surface area contributed by atoms with E-state index in [4.69, 9.17) is 20.9 Å². The van der Waals surface area contributed by atoms with Crippen LogP contribution in [0.1, 0.15) is 84.1 Å². The summed E-state index contributed by atoms with van der Waals surface area (Å²) in [4.78, 5) is 15.9. The number of hydrogen-bond donors (Lipinski definition) is 2. The van der Waals surface area contributed by atoms with Gasteiger partial charge in [0, 0.05) is 17.0 Å². The Balaban J connectivity index is 1.26. The van der Waals surface area contributed by atoms with E-state index >= 15 is 0 Å². The summed E-state index contributed by atoms with van der Waals surface area (Å²) in [6.07, 6.45) is 3.55. The first-order valence-corrected chi connectivity index (χ1v) is 15.2. The molecule has 3 unspecified atom stereocenters. The lowest BCUT2D eigenvalue weighted by Crippen LogP contribution is -2.45. The number of aromatic nitrogens is 2. The molecule has 2 N–H and O–H groups in total. The van der Waals surface area contributed by atoms with E-state index in [0.717, 1.165) is 64.8 Å². The van der Waals surface area contributed by atoms with E-state index in [0.29, 0.717) is 40.1 Å². The van der Waals surface area contributed by atoms with Gasteiger partial charge in [0.2, 0.25) is 0 Å². The monoisotopic (exact) mass is 598 g/mol. The number of thiazole rings is 1. The maximum atomic E-state index is 14.7. The summed E-state index contributed by atoms with van der Waals surface area (Å²) in [7, 11) is 0. The molecule has 2 heterocycles. The maximum absolute atomic E-state index is 14.7. The summed E-state index contributed by atoms with van der Waals surface area (Å²) >= 11 is 7.75. The second-order valence-electron chi connectivity index (χ2n) is 11.6. The standard InChI is InChI=1S/C31H32ClFN2O5S/c1-4-17-13-31(38,30-34-26-22(33)10-19(29(36)37)11-23(26)41-30)12-16(3)27(17)39-14-20-25(35-40-28(20)18-8-9-18)24-15(2)6-5-7-21(24)32/h5-7,10-11,16-18,27,38H,4,8-9,12-14H2,1-3H3,(H,36,37)/t16-,17?,27?,31?/m0/s1. The van der Waals surface area contributed by atoms with Gasteiger partial charge in [-0.3, -0.25) is 0 Å². The van der Waals surface area contributed by atoms with Gasteiger partial charge in [0.05, 0.1) is 28.0 Å².